The van der Waals surface area contributed by atoms with E-state index in [0.717, 1.165) is 6.07 Å². The third kappa shape index (κ3) is 4.50. The average Bonchev–Trinajstić information content (AvgIpc) is 2.97. The van der Waals surface area contributed by atoms with Crippen LogP contribution >= 0.6 is 0 Å². The van der Waals surface area contributed by atoms with Crippen LogP contribution < -0.4 is 9.47 Å². The number of hydrogen-bond donors (Lipinski definition) is 0. The van der Waals surface area contributed by atoms with Gasteiger partial charge in [0.1, 0.15) is 5.75 Å². The molecule has 0 atom stereocenters. The van der Waals surface area contributed by atoms with Crippen LogP contribution in [0.4, 0.5) is 13.2 Å². The third-order valence-corrected chi connectivity index (χ3v) is 4.76. The van der Waals surface area contributed by atoms with Crippen LogP contribution in [0.5, 0.6) is 11.5 Å². The second-order valence-corrected chi connectivity index (χ2v) is 6.59. The number of hydrogen-bond acceptors (Lipinski definition) is 5. The lowest BCUT2D eigenvalue weighted by Crippen LogP contribution is -2.15. The summed E-state index contributed by atoms with van der Waals surface area (Å²) in [5, 5.41) is 0.467. The number of fused-ring (bicyclic) bond motifs is 1. The van der Waals surface area contributed by atoms with Crippen LogP contribution in [-0.4, -0.2) is 36.8 Å². The Morgan fingerprint density at radius 2 is 1.81 bits per heavy atom. The molecule has 6 nitrogen and oxygen atoms in total. The molecule has 0 bridgehead atoms. The zero-order valence-corrected chi connectivity index (χ0v) is 17.1. The molecule has 0 unspecified atom stereocenters. The fourth-order valence-corrected chi connectivity index (χ4v) is 3.39. The second kappa shape index (κ2) is 9.11. The zero-order valence-electron chi connectivity index (χ0n) is 17.1. The summed E-state index contributed by atoms with van der Waals surface area (Å²) in [6.07, 6.45) is -0.119. The van der Waals surface area contributed by atoms with Gasteiger partial charge in [-0.1, -0.05) is 0 Å². The van der Waals surface area contributed by atoms with E-state index in [0.29, 0.717) is 16.6 Å². The number of rotatable bonds is 7. The van der Waals surface area contributed by atoms with Crippen LogP contribution in [0.3, 0.4) is 0 Å². The molecule has 0 amide bonds. The first kappa shape index (κ1) is 22.2. The standard InChI is InChI=1S/C22H20F3NO5/c1-4-30-20(27)10-15-12(2)26(18-11-17(23)19(29-3)9-16(15)18)21(28)13-5-7-14(8-6-13)31-22(24)25/h5-9,11,22H,4,10H2,1-3H3. The molecule has 0 aliphatic rings. The van der Waals surface area contributed by atoms with E-state index in [4.69, 9.17) is 9.47 Å². The van der Waals surface area contributed by atoms with Gasteiger partial charge in [0.15, 0.2) is 11.6 Å². The van der Waals surface area contributed by atoms with E-state index in [1.165, 1.54) is 42.0 Å². The van der Waals surface area contributed by atoms with E-state index in [9.17, 15) is 22.8 Å². The number of carbonyl (C=O) groups is 2. The molecule has 0 N–H and O–H groups in total. The van der Waals surface area contributed by atoms with Gasteiger partial charge in [0.25, 0.3) is 5.91 Å². The van der Waals surface area contributed by atoms with E-state index in [-0.39, 0.29) is 35.6 Å². The van der Waals surface area contributed by atoms with Crippen molar-refractivity contribution >= 4 is 22.8 Å². The molecule has 31 heavy (non-hydrogen) atoms. The Balaban J connectivity index is 2.12. The number of aromatic nitrogens is 1. The Kier molecular flexibility index (Phi) is 6.53. The minimum absolute atomic E-state index is 0.0318. The Hall–Kier alpha value is -3.49. The molecule has 0 fully saturated rings. The summed E-state index contributed by atoms with van der Waals surface area (Å²) >= 11 is 0. The Morgan fingerprint density at radius 3 is 2.39 bits per heavy atom. The van der Waals surface area contributed by atoms with Crippen molar-refractivity contribution in [2.45, 2.75) is 26.9 Å². The summed E-state index contributed by atoms with van der Waals surface area (Å²) in [7, 11) is 1.31. The smallest absolute Gasteiger partial charge is 0.387 e. The van der Waals surface area contributed by atoms with Gasteiger partial charge in [-0.25, -0.2) is 4.39 Å². The van der Waals surface area contributed by atoms with Crippen molar-refractivity contribution in [3.63, 3.8) is 0 Å². The first-order chi connectivity index (χ1) is 14.8. The van der Waals surface area contributed by atoms with Gasteiger partial charge in [-0.2, -0.15) is 8.78 Å². The Bertz CT molecular complexity index is 1120. The SMILES string of the molecule is CCOC(=O)Cc1c(C)n(C(=O)c2ccc(OC(F)F)cc2)c2cc(F)c(OC)cc12. The third-order valence-electron chi connectivity index (χ3n) is 4.76. The van der Waals surface area contributed by atoms with E-state index in [1.54, 1.807) is 13.8 Å². The monoisotopic (exact) mass is 435 g/mol. The molecule has 9 heteroatoms. The van der Waals surface area contributed by atoms with Crippen molar-refractivity contribution in [2.75, 3.05) is 13.7 Å². The minimum Gasteiger partial charge on any atom is -0.494 e. The Morgan fingerprint density at radius 1 is 1.13 bits per heavy atom. The maximum absolute atomic E-state index is 14.4. The van der Waals surface area contributed by atoms with Crippen molar-refractivity contribution in [3.8, 4) is 11.5 Å². The molecule has 3 aromatic rings. The zero-order chi connectivity index (χ0) is 22.7. The first-order valence-electron chi connectivity index (χ1n) is 9.39. The lowest BCUT2D eigenvalue weighted by atomic mass is 10.1. The quantitative estimate of drug-likeness (QED) is 0.512. The summed E-state index contributed by atoms with van der Waals surface area (Å²) < 4.78 is 54.8. The molecule has 1 aromatic heterocycles. The summed E-state index contributed by atoms with van der Waals surface area (Å²) in [4.78, 5) is 25.3. The van der Waals surface area contributed by atoms with Crippen LogP contribution in [0, 0.1) is 12.7 Å². The molecule has 0 spiro atoms. The molecule has 0 radical (unpaired) electrons. The molecular formula is C22H20F3NO5. The van der Waals surface area contributed by atoms with Gasteiger partial charge >= 0.3 is 12.6 Å². The van der Waals surface area contributed by atoms with E-state index < -0.39 is 24.3 Å². The molecule has 164 valence electrons. The maximum Gasteiger partial charge on any atom is 0.387 e. The summed E-state index contributed by atoms with van der Waals surface area (Å²) in [6.45, 7) is 0.517. The summed E-state index contributed by atoms with van der Waals surface area (Å²) in [5.41, 5.74) is 1.33. The van der Waals surface area contributed by atoms with Crippen molar-refractivity contribution in [3.05, 3.63) is 59.0 Å². The van der Waals surface area contributed by atoms with Crippen molar-refractivity contribution in [1.29, 1.82) is 0 Å². The normalized spacial score (nSPS) is 11.1. The molecule has 1 heterocycles. The maximum atomic E-state index is 14.4. The average molecular weight is 435 g/mol. The first-order valence-corrected chi connectivity index (χ1v) is 9.39. The van der Waals surface area contributed by atoms with Gasteiger partial charge in [-0.05, 0) is 49.7 Å². The van der Waals surface area contributed by atoms with Crippen LogP contribution in [0.25, 0.3) is 10.9 Å². The number of ether oxygens (including phenoxy) is 3. The molecule has 0 saturated carbocycles. The summed E-state index contributed by atoms with van der Waals surface area (Å²) in [5.74, 6) is -1.82. The fraction of sp³-hybridized carbons (Fsp3) is 0.273. The highest BCUT2D eigenvalue weighted by Gasteiger charge is 2.24. The van der Waals surface area contributed by atoms with Crippen LogP contribution in [0.2, 0.25) is 0 Å². The number of esters is 1. The van der Waals surface area contributed by atoms with E-state index >= 15 is 0 Å². The molecule has 3 rings (SSSR count). The predicted octanol–water partition coefficient (Wildman–Crippen LogP) is 4.49. The number of benzene rings is 2. The lowest BCUT2D eigenvalue weighted by molar-refractivity contribution is -0.142. The molecule has 0 aliphatic heterocycles. The fourth-order valence-electron chi connectivity index (χ4n) is 3.39. The number of alkyl halides is 2. The van der Waals surface area contributed by atoms with Gasteiger partial charge in [0.05, 0.1) is 25.7 Å². The highest BCUT2D eigenvalue weighted by atomic mass is 19.3. The van der Waals surface area contributed by atoms with Gasteiger partial charge in [-0.3, -0.25) is 14.2 Å². The van der Waals surface area contributed by atoms with Crippen molar-refractivity contribution in [2.24, 2.45) is 0 Å². The van der Waals surface area contributed by atoms with Crippen LogP contribution in [0.1, 0.15) is 28.5 Å². The number of methoxy groups -OCH3 is 1. The second-order valence-electron chi connectivity index (χ2n) is 6.59. The van der Waals surface area contributed by atoms with E-state index in [2.05, 4.69) is 4.74 Å². The van der Waals surface area contributed by atoms with Gasteiger partial charge in [0, 0.05) is 22.7 Å². The van der Waals surface area contributed by atoms with Gasteiger partial charge < -0.3 is 14.2 Å². The number of nitrogens with zero attached hydrogens (tertiary/aromatic N) is 1. The highest BCUT2D eigenvalue weighted by molar-refractivity contribution is 6.05. The van der Waals surface area contributed by atoms with Crippen molar-refractivity contribution < 1.29 is 37.0 Å². The topological polar surface area (TPSA) is 66.8 Å². The van der Waals surface area contributed by atoms with Crippen molar-refractivity contribution in [1.82, 2.24) is 4.57 Å². The molecule has 2 aromatic carbocycles. The lowest BCUT2D eigenvalue weighted by Gasteiger charge is -2.09. The van der Waals surface area contributed by atoms with E-state index in [1.807, 2.05) is 0 Å². The Labute approximate surface area is 176 Å². The van der Waals surface area contributed by atoms with Gasteiger partial charge in [-0.15, -0.1) is 0 Å². The number of halogens is 3. The molecule has 0 saturated heterocycles. The summed E-state index contributed by atoms with van der Waals surface area (Å²) in [6, 6.07) is 7.72. The minimum atomic E-state index is -2.99. The number of carbonyl (C=O) groups excluding carboxylic acids is 2. The molecule has 0 aliphatic carbocycles. The van der Waals surface area contributed by atoms with Crippen LogP contribution in [0.15, 0.2) is 36.4 Å². The highest BCUT2D eigenvalue weighted by Crippen LogP contribution is 2.33. The predicted molar refractivity (Wildman–Crippen MR) is 106 cm³/mol. The molecular weight excluding hydrogens is 415 g/mol. The largest absolute Gasteiger partial charge is 0.494 e. The van der Waals surface area contributed by atoms with Crippen LogP contribution in [-0.2, 0) is 16.0 Å². The van der Waals surface area contributed by atoms with Gasteiger partial charge in [0.2, 0.25) is 0 Å².